The molecule has 0 aromatic rings. The van der Waals surface area contributed by atoms with Crippen molar-refractivity contribution < 1.29 is 124 Å². The topological polar surface area (TPSA) is 410 Å². The molecule has 0 saturated heterocycles. The van der Waals surface area contributed by atoms with Gasteiger partial charge in [0.25, 0.3) is 0 Å². The second-order valence-electron chi connectivity index (χ2n) is 1.97. The van der Waals surface area contributed by atoms with Crippen molar-refractivity contribution in [2.45, 2.75) is 0 Å². The number of rotatable bonds is 10. The molecule has 0 radical (unpaired) electrons. The molecule has 0 aromatic carbocycles. The van der Waals surface area contributed by atoms with Crippen molar-refractivity contribution in [3.05, 3.63) is 0 Å². The molecule has 10 N–H and O–H groups in total. The van der Waals surface area contributed by atoms with Gasteiger partial charge in [0.1, 0.15) is 0 Å². The van der Waals surface area contributed by atoms with E-state index < -0.39 is 43.0 Å². The maximum atomic E-state index is 8.85. The van der Waals surface area contributed by atoms with Gasteiger partial charge in [-0.15, -0.1) is 0 Å². The molecule has 0 heterocycles. The first-order valence-electron chi connectivity index (χ1n) is 4.57. The van der Waals surface area contributed by atoms with E-state index in [2.05, 4.69) is 46.7 Å². The summed E-state index contributed by atoms with van der Waals surface area (Å²) in [5.74, 6) is 0. The fourth-order valence-corrected chi connectivity index (χ4v) is 0.204. The van der Waals surface area contributed by atoms with E-state index in [0.29, 0.717) is 0 Å². The van der Waals surface area contributed by atoms with E-state index in [1.165, 1.54) is 0 Å². The molecule has 32 heavy (non-hydrogen) atoms. The zero-order chi connectivity index (χ0) is 25.0. The molecule has 0 amide bonds. The van der Waals surface area contributed by atoms with Gasteiger partial charge < -0.3 is 74.1 Å². The quantitative estimate of drug-likeness (QED) is 0.0464. The van der Waals surface area contributed by atoms with Crippen LogP contribution < -0.4 is 26.3 Å². The minimum absolute atomic E-state index is 0. The molecule has 0 aliphatic carbocycles. The van der Waals surface area contributed by atoms with Crippen molar-refractivity contribution in [1.29, 1.82) is 0 Å². The molecule has 25 nitrogen and oxygen atoms in total. The summed E-state index contributed by atoms with van der Waals surface area (Å²) in [4.78, 5) is 38.6. The van der Waals surface area contributed by atoms with E-state index in [0.717, 1.165) is 0 Å². The molecule has 0 aliphatic rings. The van der Waals surface area contributed by atoms with Crippen molar-refractivity contribution in [2.24, 2.45) is 0 Å². The van der Waals surface area contributed by atoms with Crippen LogP contribution in [0.15, 0.2) is 0 Å². The molecular weight excluding hydrogens is 622 g/mol. The van der Waals surface area contributed by atoms with E-state index in [1.807, 2.05) is 0 Å². The molecule has 32 heteroatoms. The van der Waals surface area contributed by atoms with Crippen molar-refractivity contribution in [2.75, 3.05) is 0 Å². The third-order valence-corrected chi connectivity index (χ3v) is 2.00. The Hall–Kier alpha value is 2.94. The Morgan fingerprint density at radius 1 is 0.375 bits per heavy atom. The summed E-state index contributed by atoms with van der Waals surface area (Å²) >= 11 is 0. The van der Waals surface area contributed by atoms with Crippen molar-refractivity contribution in [3.63, 3.8) is 0 Å². The van der Waals surface area contributed by atoms with Gasteiger partial charge in [0, 0.05) is 0 Å². The summed E-state index contributed by atoms with van der Waals surface area (Å²) < 4.78 is 28.9. The van der Waals surface area contributed by atoms with Gasteiger partial charge in [0.05, 0.1) is 0 Å². The average Bonchev–Trinajstić information content (AvgIpc) is 2.82. The summed E-state index contributed by atoms with van der Waals surface area (Å²) in [5, 5.41) is 80.7. The van der Waals surface area contributed by atoms with E-state index in [-0.39, 0.29) is 55.1 Å². The average molecular weight is 632 g/mol. The molecule has 0 fully saturated rings. The summed E-state index contributed by atoms with van der Waals surface area (Å²) in [7, 11) is -12.9. The smallest absolute Gasteiger partial charge is 0.716 e. The molecular formula is H10AlCaO25P5. The van der Waals surface area contributed by atoms with Gasteiger partial charge >= 0.3 is 98.1 Å². The molecule has 0 spiro atoms. The van der Waals surface area contributed by atoms with Crippen LogP contribution in [0.3, 0.4) is 0 Å². The van der Waals surface area contributed by atoms with Crippen LogP contribution in [-0.4, -0.2) is 106 Å². The van der Waals surface area contributed by atoms with Crippen molar-refractivity contribution in [3.8, 4) is 0 Å². The maximum Gasteiger partial charge on any atom is 3.00 e. The summed E-state index contributed by atoms with van der Waals surface area (Å²) in [6.45, 7) is 0. The monoisotopic (exact) mass is 632 g/mol. The SMILES string of the molecule is [Al+3].[Ca+2].[O-]OP(O)OO.[O-]OP(O)OO.[O-]OP(O)OO.[O-]OP(O)OO.[O-]OP(O)OO. The van der Waals surface area contributed by atoms with E-state index >= 15 is 0 Å². The van der Waals surface area contributed by atoms with Gasteiger partial charge in [-0.3, -0.25) is 0 Å². The van der Waals surface area contributed by atoms with Gasteiger partial charge in [-0.2, -0.15) is 23.4 Å². The summed E-state index contributed by atoms with van der Waals surface area (Å²) in [6, 6.07) is 0. The molecule has 0 bridgehead atoms. The predicted molar refractivity (Wildman–Crippen MR) is 81.2 cm³/mol. The van der Waals surface area contributed by atoms with Crippen LogP contribution in [0.4, 0.5) is 0 Å². The van der Waals surface area contributed by atoms with Crippen molar-refractivity contribution >= 4 is 98.1 Å². The molecule has 0 aromatic heterocycles. The van der Waals surface area contributed by atoms with E-state index in [9.17, 15) is 0 Å². The zero-order valence-electron chi connectivity index (χ0n) is 14.1. The first-order chi connectivity index (χ1) is 14.0. The summed E-state index contributed by atoms with van der Waals surface area (Å²) in [6.07, 6.45) is 0. The third-order valence-electron chi connectivity index (χ3n) is 0.668. The van der Waals surface area contributed by atoms with E-state index in [1.54, 1.807) is 0 Å². The molecule has 190 valence electrons. The van der Waals surface area contributed by atoms with Gasteiger partial charge in [0.2, 0.25) is 0 Å². The number of hydrogen-bond acceptors (Lipinski definition) is 25. The van der Waals surface area contributed by atoms with Gasteiger partial charge in [-0.25, -0.2) is 26.3 Å². The Bertz CT molecular complexity index is 186. The first-order valence-corrected chi connectivity index (χ1v) is 10.2. The molecule has 0 rings (SSSR count). The molecule has 0 saturated carbocycles. The Balaban J connectivity index is -0.0000000481. The Morgan fingerprint density at radius 3 is 0.469 bits per heavy atom. The van der Waals surface area contributed by atoms with Crippen LogP contribution in [0, 0.1) is 0 Å². The fraction of sp³-hybridized carbons (Fsp3) is 0. The zero-order valence-corrected chi connectivity index (χ0v) is 22.0. The molecule has 0 aliphatic heterocycles. The second-order valence-corrected chi connectivity index (χ2v) is 5.91. The van der Waals surface area contributed by atoms with Crippen LogP contribution in [0.1, 0.15) is 0 Å². The number of hydrogen-bond donors (Lipinski definition) is 10. The molecule has 5 unspecified atom stereocenters. The minimum Gasteiger partial charge on any atom is -0.716 e. The fourth-order valence-electron chi connectivity index (χ4n) is 0.0680. The van der Waals surface area contributed by atoms with Crippen LogP contribution >= 0.6 is 43.0 Å². The minimum atomic E-state index is -2.58. The second kappa shape index (κ2) is 47.2. The Morgan fingerprint density at radius 2 is 0.469 bits per heavy atom. The van der Waals surface area contributed by atoms with Crippen molar-refractivity contribution in [1.82, 2.24) is 0 Å². The summed E-state index contributed by atoms with van der Waals surface area (Å²) in [5.41, 5.74) is 0. The maximum absolute atomic E-state index is 8.85. The predicted octanol–water partition coefficient (Wildman–Crippen LogP) is -5.83. The van der Waals surface area contributed by atoms with Crippen LogP contribution in [-0.2, 0) is 46.7 Å². The normalized spacial score (nSPS) is 13.6. The molecule has 5 atom stereocenters. The Labute approximate surface area is 221 Å². The van der Waals surface area contributed by atoms with Crippen LogP contribution in [0.2, 0.25) is 0 Å². The van der Waals surface area contributed by atoms with Gasteiger partial charge in [-0.05, 0) is 0 Å². The van der Waals surface area contributed by atoms with Gasteiger partial charge in [0.15, 0.2) is 0 Å². The van der Waals surface area contributed by atoms with Crippen LogP contribution in [0.5, 0.6) is 0 Å². The standard InChI is InChI=1S/Al.Ca.5H3O5P/c;;5*1-4-6(3)5-2/h;;5*1-3H/q+3;+2;;;;;/p-5. The Kier molecular flexibility index (Phi) is 76.0. The first kappa shape index (κ1) is 51.6. The van der Waals surface area contributed by atoms with Crippen LogP contribution in [0.25, 0.3) is 0 Å². The largest absolute Gasteiger partial charge is 3.00 e. The third kappa shape index (κ3) is 63.9. The van der Waals surface area contributed by atoms with E-state index in [4.69, 9.17) is 77.0 Å². The van der Waals surface area contributed by atoms with Gasteiger partial charge in [-0.1, -0.05) is 0 Å².